The summed E-state index contributed by atoms with van der Waals surface area (Å²) in [6, 6.07) is 4.70. The van der Waals surface area contributed by atoms with Crippen molar-refractivity contribution in [1.82, 2.24) is 15.5 Å². The summed E-state index contributed by atoms with van der Waals surface area (Å²) in [7, 11) is 0. The second kappa shape index (κ2) is 13.4. The molecule has 1 unspecified atom stereocenters. The number of primary amides is 1. The molecule has 0 aliphatic heterocycles. The van der Waals surface area contributed by atoms with Gasteiger partial charge < -0.3 is 26.4 Å². The standard InChI is InChI=1S/C26H43FN4O4/c1-16(2)12-13-31(25(35)30-26(5,6)7)15-22(32)21(14-19-8-10-20(27)11-9-19)29-24(34)18(4)17(3)23(28)33/h8-11,16-18,21-22,32H,12-15H2,1-7H3,(H2,28,33)(H,29,34)(H,30,35)/t17-,18+,21-,22?/m0/s1. The predicted molar refractivity (Wildman–Crippen MR) is 135 cm³/mol. The summed E-state index contributed by atoms with van der Waals surface area (Å²) in [6.07, 6.45) is -0.158. The molecule has 4 atom stereocenters. The fourth-order valence-corrected chi connectivity index (χ4v) is 3.39. The maximum atomic E-state index is 13.4. The van der Waals surface area contributed by atoms with Crippen LogP contribution in [0.25, 0.3) is 0 Å². The van der Waals surface area contributed by atoms with E-state index in [1.54, 1.807) is 30.9 Å². The van der Waals surface area contributed by atoms with Crippen LogP contribution in [0.3, 0.4) is 0 Å². The second-order valence-corrected chi connectivity index (χ2v) is 10.8. The Morgan fingerprint density at radius 3 is 2.11 bits per heavy atom. The number of hydrogen-bond acceptors (Lipinski definition) is 4. The molecule has 5 N–H and O–H groups in total. The number of nitrogens with one attached hydrogen (secondary N) is 2. The Balaban J connectivity index is 3.14. The van der Waals surface area contributed by atoms with Crippen molar-refractivity contribution < 1.29 is 23.9 Å². The third-order valence-corrected chi connectivity index (χ3v) is 5.93. The Morgan fingerprint density at radius 1 is 1.06 bits per heavy atom. The van der Waals surface area contributed by atoms with Crippen LogP contribution in [0, 0.1) is 23.6 Å². The highest BCUT2D eigenvalue weighted by Crippen LogP contribution is 2.15. The van der Waals surface area contributed by atoms with Gasteiger partial charge in [0.15, 0.2) is 0 Å². The zero-order chi connectivity index (χ0) is 26.9. The van der Waals surface area contributed by atoms with Crippen molar-refractivity contribution in [3.05, 3.63) is 35.6 Å². The van der Waals surface area contributed by atoms with Crippen molar-refractivity contribution in [3.63, 3.8) is 0 Å². The molecule has 1 aromatic carbocycles. The second-order valence-electron chi connectivity index (χ2n) is 10.8. The van der Waals surface area contributed by atoms with E-state index >= 15 is 0 Å². The number of urea groups is 1. The van der Waals surface area contributed by atoms with E-state index in [9.17, 15) is 23.9 Å². The number of nitrogens with two attached hydrogens (primary N) is 1. The molecule has 1 rings (SSSR count). The monoisotopic (exact) mass is 494 g/mol. The van der Waals surface area contributed by atoms with Crippen LogP contribution in [-0.4, -0.2) is 58.6 Å². The summed E-state index contributed by atoms with van der Waals surface area (Å²) in [5.41, 5.74) is 5.60. The molecule has 4 amide bonds. The Kier molecular flexibility index (Phi) is 11.6. The minimum atomic E-state index is -1.11. The van der Waals surface area contributed by atoms with Gasteiger partial charge in [0.05, 0.1) is 18.7 Å². The number of aliphatic hydroxyl groups is 1. The van der Waals surface area contributed by atoms with Gasteiger partial charge in [0.1, 0.15) is 5.82 Å². The Bertz CT molecular complexity index is 839. The van der Waals surface area contributed by atoms with Crippen molar-refractivity contribution in [1.29, 1.82) is 0 Å². The highest BCUT2D eigenvalue weighted by molar-refractivity contribution is 5.86. The van der Waals surface area contributed by atoms with Gasteiger partial charge in [-0.05, 0) is 57.2 Å². The molecular weight excluding hydrogens is 451 g/mol. The number of amides is 4. The first-order valence-corrected chi connectivity index (χ1v) is 12.2. The fourth-order valence-electron chi connectivity index (χ4n) is 3.39. The number of carbonyl (C=O) groups excluding carboxylic acids is 3. The Hall–Kier alpha value is -2.68. The van der Waals surface area contributed by atoms with Gasteiger partial charge in [0.2, 0.25) is 11.8 Å². The quantitative estimate of drug-likeness (QED) is 0.357. The molecule has 198 valence electrons. The number of halogens is 1. The van der Waals surface area contributed by atoms with E-state index < -0.39 is 47.2 Å². The van der Waals surface area contributed by atoms with E-state index in [1.807, 2.05) is 20.8 Å². The van der Waals surface area contributed by atoms with Crippen LogP contribution < -0.4 is 16.4 Å². The highest BCUT2D eigenvalue weighted by Gasteiger charge is 2.31. The van der Waals surface area contributed by atoms with E-state index in [1.165, 1.54) is 12.1 Å². The molecule has 0 radical (unpaired) electrons. The van der Waals surface area contributed by atoms with Gasteiger partial charge in [-0.1, -0.05) is 39.8 Å². The average Bonchev–Trinajstić information content (AvgIpc) is 2.74. The van der Waals surface area contributed by atoms with Gasteiger partial charge >= 0.3 is 6.03 Å². The summed E-state index contributed by atoms with van der Waals surface area (Å²) in [5, 5.41) is 16.9. The first-order chi connectivity index (χ1) is 16.1. The van der Waals surface area contributed by atoms with Gasteiger partial charge in [0, 0.05) is 23.9 Å². The van der Waals surface area contributed by atoms with Crippen LogP contribution in [0.5, 0.6) is 0 Å². The van der Waals surface area contributed by atoms with Gasteiger partial charge in [-0.25, -0.2) is 9.18 Å². The molecule has 0 saturated heterocycles. The maximum Gasteiger partial charge on any atom is 0.317 e. The largest absolute Gasteiger partial charge is 0.389 e. The van der Waals surface area contributed by atoms with Crippen molar-refractivity contribution in [2.45, 2.75) is 79.0 Å². The fraction of sp³-hybridized carbons (Fsp3) is 0.654. The van der Waals surface area contributed by atoms with Crippen LogP contribution in [0.2, 0.25) is 0 Å². The van der Waals surface area contributed by atoms with Crippen LogP contribution >= 0.6 is 0 Å². The molecule has 9 heteroatoms. The van der Waals surface area contributed by atoms with E-state index in [0.717, 1.165) is 6.42 Å². The summed E-state index contributed by atoms with van der Waals surface area (Å²) >= 11 is 0. The lowest BCUT2D eigenvalue weighted by molar-refractivity contribution is -0.133. The maximum absolute atomic E-state index is 13.4. The zero-order valence-electron chi connectivity index (χ0n) is 22.1. The molecular formula is C26H43FN4O4. The molecule has 35 heavy (non-hydrogen) atoms. The average molecular weight is 495 g/mol. The SMILES string of the molecule is CC(C)CCN(CC(O)[C@H](Cc1ccc(F)cc1)NC(=O)[C@H](C)[C@H](C)C(N)=O)C(=O)NC(C)(C)C. The third kappa shape index (κ3) is 11.1. The first-order valence-electron chi connectivity index (χ1n) is 12.2. The number of benzene rings is 1. The van der Waals surface area contributed by atoms with Crippen molar-refractivity contribution >= 4 is 17.8 Å². The first kappa shape index (κ1) is 30.4. The number of nitrogens with zero attached hydrogens (tertiary/aromatic N) is 1. The molecule has 0 fully saturated rings. The summed E-state index contributed by atoms with van der Waals surface area (Å²) in [4.78, 5) is 38.9. The molecule has 0 saturated carbocycles. The number of hydrogen-bond donors (Lipinski definition) is 4. The summed E-state index contributed by atoms with van der Waals surface area (Å²) < 4.78 is 13.4. The minimum absolute atomic E-state index is 0.0134. The van der Waals surface area contributed by atoms with Crippen LogP contribution in [0.4, 0.5) is 9.18 Å². The normalized spacial score (nSPS) is 15.1. The number of carbonyl (C=O) groups is 3. The lowest BCUT2D eigenvalue weighted by atomic mass is 9.93. The van der Waals surface area contributed by atoms with Crippen molar-refractivity contribution in [3.8, 4) is 0 Å². The van der Waals surface area contributed by atoms with Crippen molar-refractivity contribution in [2.75, 3.05) is 13.1 Å². The Labute approximate surface area is 208 Å². The summed E-state index contributed by atoms with van der Waals surface area (Å²) in [6.45, 7) is 13.3. The van der Waals surface area contributed by atoms with Gasteiger partial charge in [-0.15, -0.1) is 0 Å². The molecule has 0 aliphatic rings. The molecule has 1 aromatic rings. The van der Waals surface area contributed by atoms with Gasteiger partial charge in [0.25, 0.3) is 0 Å². The number of rotatable bonds is 12. The predicted octanol–water partition coefficient (Wildman–Crippen LogP) is 2.83. The van der Waals surface area contributed by atoms with E-state index in [2.05, 4.69) is 24.5 Å². The molecule has 8 nitrogen and oxygen atoms in total. The lowest BCUT2D eigenvalue weighted by Gasteiger charge is -2.33. The molecule has 0 spiro atoms. The third-order valence-electron chi connectivity index (χ3n) is 5.93. The molecule has 0 aliphatic carbocycles. The molecule has 0 aromatic heterocycles. The van der Waals surface area contributed by atoms with E-state index in [0.29, 0.717) is 18.0 Å². The molecule has 0 bridgehead atoms. The molecule has 0 heterocycles. The van der Waals surface area contributed by atoms with Gasteiger partial charge in [-0.3, -0.25) is 9.59 Å². The van der Waals surface area contributed by atoms with Gasteiger partial charge in [-0.2, -0.15) is 0 Å². The minimum Gasteiger partial charge on any atom is -0.389 e. The van der Waals surface area contributed by atoms with Crippen LogP contribution in [0.15, 0.2) is 24.3 Å². The van der Waals surface area contributed by atoms with Crippen LogP contribution in [0.1, 0.15) is 60.5 Å². The van der Waals surface area contributed by atoms with E-state index in [-0.39, 0.29) is 19.0 Å². The van der Waals surface area contributed by atoms with E-state index in [4.69, 9.17) is 5.73 Å². The van der Waals surface area contributed by atoms with Crippen molar-refractivity contribution in [2.24, 2.45) is 23.5 Å². The van der Waals surface area contributed by atoms with Crippen LogP contribution in [-0.2, 0) is 16.0 Å². The number of aliphatic hydroxyl groups excluding tert-OH is 1. The topological polar surface area (TPSA) is 125 Å². The zero-order valence-corrected chi connectivity index (χ0v) is 22.1. The lowest BCUT2D eigenvalue weighted by Crippen LogP contribution is -2.55. The highest BCUT2D eigenvalue weighted by atomic mass is 19.1. The summed E-state index contributed by atoms with van der Waals surface area (Å²) in [5.74, 6) is -2.48. The Morgan fingerprint density at radius 2 is 1.63 bits per heavy atom. The smallest absolute Gasteiger partial charge is 0.317 e.